The average Bonchev–Trinajstić information content (AvgIpc) is 3.29. The summed E-state index contributed by atoms with van der Waals surface area (Å²) in [6.07, 6.45) is 3.85. The molecule has 0 unspecified atom stereocenters. The summed E-state index contributed by atoms with van der Waals surface area (Å²) < 4.78 is 0. The molecule has 2 aliphatic rings. The number of halogens is 2. The summed E-state index contributed by atoms with van der Waals surface area (Å²) in [4.78, 5) is 19.1. The molecule has 138 valence electrons. The van der Waals surface area contributed by atoms with Gasteiger partial charge in [-0.1, -0.05) is 29.3 Å². The van der Waals surface area contributed by atoms with E-state index in [4.69, 9.17) is 23.2 Å². The van der Waals surface area contributed by atoms with E-state index in [1.807, 2.05) is 6.07 Å². The van der Waals surface area contributed by atoms with Crippen molar-refractivity contribution in [2.75, 3.05) is 26.2 Å². The van der Waals surface area contributed by atoms with Crippen LogP contribution in [0.25, 0.3) is 0 Å². The van der Waals surface area contributed by atoms with Crippen molar-refractivity contribution in [3.8, 4) is 0 Å². The van der Waals surface area contributed by atoms with Gasteiger partial charge >= 0.3 is 0 Å². The molecule has 0 saturated carbocycles. The van der Waals surface area contributed by atoms with Crippen LogP contribution in [0.2, 0.25) is 10.0 Å². The average molecular weight is 409 g/mol. The van der Waals surface area contributed by atoms with Crippen LogP contribution in [-0.2, 0) is 17.6 Å². The number of carbonyl (C=O) groups excluding carboxylic acids is 1. The smallest absolute Gasteiger partial charge is 0.227 e. The molecule has 26 heavy (non-hydrogen) atoms. The summed E-state index contributed by atoms with van der Waals surface area (Å²) >= 11 is 13.9. The van der Waals surface area contributed by atoms with Gasteiger partial charge in [0.1, 0.15) is 0 Å². The Balaban J connectivity index is 1.54. The Morgan fingerprint density at radius 2 is 1.92 bits per heavy atom. The van der Waals surface area contributed by atoms with Gasteiger partial charge in [0.05, 0.1) is 22.5 Å². The van der Waals surface area contributed by atoms with Crippen LogP contribution in [0.15, 0.2) is 29.6 Å². The molecule has 1 amide bonds. The predicted molar refractivity (Wildman–Crippen MR) is 108 cm³/mol. The second-order valence-corrected chi connectivity index (χ2v) is 8.86. The maximum absolute atomic E-state index is 13.1. The Hall–Kier alpha value is -1.07. The summed E-state index contributed by atoms with van der Waals surface area (Å²) in [6, 6.07) is 7.85. The first kappa shape index (κ1) is 18.3. The number of hydrogen-bond donors (Lipinski definition) is 0. The molecule has 0 N–H and O–H groups in total. The molecule has 0 radical (unpaired) electrons. The Bertz CT molecular complexity index is 801. The molecule has 2 aromatic rings. The summed E-state index contributed by atoms with van der Waals surface area (Å²) in [7, 11) is 0. The van der Waals surface area contributed by atoms with Gasteiger partial charge in [0, 0.05) is 18.0 Å². The monoisotopic (exact) mass is 408 g/mol. The van der Waals surface area contributed by atoms with Crippen LogP contribution in [0.1, 0.15) is 34.9 Å². The van der Waals surface area contributed by atoms with Crippen molar-refractivity contribution in [2.45, 2.75) is 31.7 Å². The van der Waals surface area contributed by atoms with Gasteiger partial charge in [-0.25, -0.2) is 0 Å². The van der Waals surface area contributed by atoms with Crippen LogP contribution in [-0.4, -0.2) is 41.9 Å². The molecule has 1 saturated heterocycles. The van der Waals surface area contributed by atoms with Crippen molar-refractivity contribution >= 4 is 40.4 Å². The molecule has 6 heteroatoms. The number of likely N-dealkylation sites (tertiary alicyclic amines) is 1. The molecule has 0 aliphatic carbocycles. The number of fused-ring (bicyclic) bond motifs is 1. The second kappa shape index (κ2) is 7.89. The van der Waals surface area contributed by atoms with Crippen molar-refractivity contribution in [1.29, 1.82) is 0 Å². The maximum atomic E-state index is 13.1. The van der Waals surface area contributed by atoms with E-state index in [-0.39, 0.29) is 11.9 Å². The van der Waals surface area contributed by atoms with Crippen molar-refractivity contribution < 1.29 is 4.79 Å². The lowest BCUT2D eigenvalue weighted by Crippen LogP contribution is -2.44. The number of benzene rings is 1. The van der Waals surface area contributed by atoms with Crippen LogP contribution in [0.4, 0.5) is 0 Å². The van der Waals surface area contributed by atoms with Gasteiger partial charge in [0.25, 0.3) is 0 Å². The Kier molecular flexibility index (Phi) is 5.55. The minimum atomic E-state index is 0.173. The molecule has 3 nitrogen and oxygen atoms in total. The van der Waals surface area contributed by atoms with Crippen molar-refractivity contribution in [3.63, 3.8) is 0 Å². The fraction of sp³-hybridized carbons (Fsp3) is 0.450. The quantitative estimate of drug-likeness (QED) is 0.723. The molecular weight excluding hydrogens is 387 g/mol. The van der Waals surface area contributed by atoms with Gasteiger partial charge < -0.3 is 9.80 Å². The summed E-state index contributed by atoms with van der Waals surface area (Å²) in [5, 5.41) is 3.19. The molecule has 2 aliphatic heterocycles. The lowest BCUT2D eigenvalue weighted by Gasteiger charge is -2.38. The van der Waals surface area contributed by atoms with Crippen molar-refractivity contribution in [1.82, 2.24) is 9.80 Å². The molecule has 1 atom stereocenters. The second-order valence-electron chi connectivity index (χ2n) is 7.10. The summed E-state index contributed by atoms with van der Waals surface area (Å²) in [6.45, 7) is 4.03. The Morgan fingerprint density at radius 3 is 2.69 bits per heavy atom. The number of hydrogen-bond acceptors (Lipinski definition) is 3. The molecule has 4 rings (SSSR count). The summed E-state index contributed by atoms with van der Waals surface area (Å²) in [5.74, 6) is 0.173. The highest BCUT2D eigenvalue weighted by molar-refractivity contribution is 7.10. The molecule has 1 aromatic heterocycles. The van der Waals surface area contributed by atoms with Gasteiger partial charge in [0.15, 0.2) is 0 Å². The largest absolute Gasteiger partial charge is 0.333 e. The lowest BCUT2D eigenvalue weighted by molar-refractivity contribution is -0.133. The van der Waals surface area contributed by atoms with Gasteiger partial charge in [-0.2, -0.15) is 0 Å². The van der Waals surface area contributed by atoms with E-state index in [1.54, 1.807) is 23.5 Å². The molecule has 0 bridgehead atoms. The van der Waals surface area contributed by atoms with E-state index in [2.05, 4.69) is 21.2 Å². The lowest BCUT2D eigenvalue weighted by atomic mass is 9.99. The maximum Gasteiger partial charge on any atom is 0.227 e. The molecule has 1 aromatic carbocycles. The minimum absolute atomic E-state index is 0.173. The number of rotatable bonds is 4. The van der Waals surface area contributed by atoms with E-state index >= 15 is 0 Å². The highest BCUT2D eigenvalue weighted by atomic mass is 35.5. The molecular formula is C20H22Cl2N2OS. The highest BCUT2D eigenvalue weighted by Crippen LogP contribution is 2.35. The van der Waals surface area contributed by atoms with Crippen molar-refractivity contribution in [2.24, 2.45) is 0 Å². The van der Waals surface area contributed by atoms with Gasteiger partial charge in [-0.3, -0.25) is 4.79 Å². The van der Waals surface area contributed by atoms with Crippen LogP contribution >= 0.6 is 34.5 Å². The predicted octanol–water partition coefficient (Wildman–Crippen LogP) is 4.82. The van der Waals surface area contributed by atoms with Crippen molar-refractivity contribution in [3.05, 3.63) is 55.7 Å². The minimum Gasteiger partial charge on any atom is -0.333 e. The molecule has 3 heterocycles. The van der Waals surface area contributed by atoms with Gasteiger partial charge in [0.2, 0.25) is 5.91 Å². The normalized spacial score (nSPS) is 20.4. The number of nitrogens with zero attached hydrogens (tertiary/aromatic N) is 2. The van der Waals surface area contributed by atoms with E-state index in [0.717, 1.165) is 38.2 Å². The first-order valence-electron chi connectivity index (χ1n) is 9.14. The fourth-order valence-electron chi connectivity index (χ4n) is 4.00. The SMILES string of the molecule is O=C(Cc1ccc(Cl)c(Cl)c1)N1CCc2ccsc2[C@H]1CN1CCCC1. The van der Waals surface area contributed by atoms with E-state index in [1.165, 1.54) is 23.3 Å². The van der Waals surface area contributed by atoms with Crippen LogP contribution in [0, 0.1) is 0 Å². The molecule has 1 fully saturated rings. The summed E-state index contributed by atoms with van der Waals surface area (Å²) in [5.41, 5.74) is 2.33. The first-order chi connectivity index (χ1) is 12.6. The third kappa shape index (κ3) is 3.79. The Morgan fingerprint density at radius 1 is 1.12 bits per heavy atom. The zero-order valence-corrected chi connectivity index (χ0v) is 16.9. The van der Waals surface area contributed by atoms with E-state index < -0.39 is 0 Å². The van der Waals surface area contributed by atoms with Crippen LogP contribution in [0.5, 0.6) is 0 Å². The number of thiophene rings is 1. The third-order valence-corrected chi connectivity index (χ3v) is 7.17. The first-order valence-corrected chi connectivity index (χ1v) is 10.8. The van der Waals surface area contributed by atoms with Crippen LogP contribution in [0.3, 0.4) is 0 Å². The van der Waals surface area contributed by atoms with Crippen LogP contribution < -0.4 is 0 Å². The molecule has 0 spiro atoms. The van der Waals surface area contributed by atoms with Gasteiger partial charge in [-0.05, 0) is 67.1 Å². The zero-order valence-electron chi connectivity index (χ0n) is 14.6. The Labute approximate surface area is 168 Å². The topological polar surface area (TPSA) is 23.6 Å². The number of amides is 1. The standard InChI is InChI=1S/C20H22Cl2N2OS/c21-16-4-3-14(11-17(16)22)12-19(25)24-9-5-15-6-10-26-20(15)18(24)13-23-7-1-2-8-23/h3-4,6,10-11,18H,1-2,5,7-9,12-13H2/t18-/m1/s1. The fourth-order valence-corrected chi connectivity index (χ4v) is 5.38. The van der Waals surface area contributed by atoms with E-state index in [9.17, 15) is 4.79 Å². The zero-order chi connectivity index (χ0) is 18.1. The van der Waals surface area contributed by atoms with Gasteiger partial charge in [-0.15, -0.1) is 11.3 Å². The highest BCUT2D eigenvalue weighted by Gasteiger charge is 2.33. The van der Waals surface area contributed by atoms with E-state index in [0.29, 0.717) is 16.5 Å². The third-order valence-electron chi connectivity index (χ3n) is 5.37. The number of carbonyl (C=O) groups is 1.